The second-order valence-corrected chi connectivity index (χ2v) is 3.60. The van der Waals surface area contributed by atoms with Crippen molar-refractivity contribution in [2.45, 2.75) is 12.5 Å². The van der Waals surface area contributed by atoms with Crippen LogP contribution in [0, 0.1) is 0 Å². The number of nitrogens with zero attached hydrogens (tertiary/aromatic N) is 1. The van der Waals surface area contributed by atoms with Crippen LogP contribution in [0.2, 0.25) is 5.02 Å². The lowest BCUT2D eigenvalue weighted by molar-refractivity contribution is 0.0615. The maximum absolute atomic E-state index is 11.1. The molecule has 0 aliphatic heterocycles. The maximum atomic E-state index is 11.1. The van der Waals surface area contributed by atoms with Crippen molar-refractivity contribution in [3.05, 3.63) is 21.7 Å². The van der Waals surface area contributed by atoms with Gasteiger partial charge in [0.2, 0.25) is 0 Å². The van der Waals surface area contributed by atoms with Crippen LogP contribution in [0.1, 0.15) is 6.42 Å². The van der Waals surface area contributed by atoms with E-state index in [0.29, 0.717) is 18.8 Å². The fourth-order valence-electron chi connectivity index (χ4n) is 1.14. The number of ether oxygens (including phenoxy) is 1. The summed E-state index contributed by atoms with van der Waals surface area (Å²) in [6, 6.07) is 0. The SMILES string of the molecule is COCC(O)CCNc1nc[nH]c(=O)c1Cl. The number of aromatic nitrogens is 2. The second kappa shape index (κ2) is 6.47. The highest BCUT2D eigenvalue weighted by Crippen LogP contribution is 2.11. The van der Waals surface area contributed by atoms with Gasteiger partial charge in [0.15, 0.2) is 5.82 Å². The van der Waals surface area contributed by atoms with Gasteiger partial charge in [-0.05, 0) is 6.42 Å². The number of rotatable bonds is 6. The molecule has 0 fully saturated rings. The predicted molar refractivity (Wildman–Crippen MR) is 60.9 cm³/mol. The van der Waals surface area contributed by atoms with Gasteiger partial charge in [-0.15, -0.1) is 0 Å². The highest BCUT2D eigenvalue weighted by Gasteiger charge is 2.06. The molecule has 0 saturated carbocycles. The van der Waals surface area contributed by atoms with Crippen molar-refractivity contribution >= 4 is 17.4 Å². The zero-order chi connectivity index (χ0) is 12.0. The molecule has 0 amide bonds. The molecule has 6 nitrogen and oxygen atoms in total. The first-order chi connectivity index (χ1) is 7.65. The number of aliphatic hydroxyl groups excluding tert-OH is 1. The van der Waals surface area contributed by atoms with Crippen molar-refractivity contribution in [2.75, 3.05) is 25.6 Å². The first-order valence-electron chi connectivity index (χ1n) is 4.79. The molecule has 0 bridgehead atoms. The van der Waals surface area contributed by atoms with Crippen LogP contribution in [0.25, 0.3) is 0 Å². The molecule has 0 aromatic carbocycles. The largest absolute Gasteiger partial charge is 0.391 e. The van der Waals surface area contributed by atoms with E-state index in [1.54, 1.807) is 0 Å². The lowest BCUT2D eigenvalue weighted by atomic mass is 10.2. The minimum absolute atomic E-state index is 0.0173. The Morgan fingerprint density at radius 1 is 1.75 bits per heavy atom. The molecule has 1 aromatic heterocycles. The third-order valence-electron chi connectivity index (χ3n) is 1.93. The summed E-state index contributed by atoms with van der Waals surface area (Å²) in [6.45, 7) is 0.735. The third kappa shape index (κ3) is 3.80. The van der Waals surface area contributed by atoms with Crippen LogP contribution in [0.5, 0.6) is 0 Å². The molecule has 1 aromatic rings. The molecule has 1 heterocycles. The van der Waals surface area contributed by atoms with Crippen molar-refractivity contribution in [3.63, 3.8) is 0 Å². The first-order valence-corrected chi connectivity index (χ1v) is 5.17. The lowest BCUT2D eigenvalue weighted by Crippen LogP contribution is -2.19. The van der Waals surface area contributed by atoms with E-state index in [1.807, 2.05) is 0 Å². The van der Waals surface area contributed by atoms with Crippen LogP contribution in [0.4, 0.5) is 5.82 Å². The molecule has 0 saturated heterocycles. The average Bonchev–Trinajstić information content (AvgIpc) is 2.25. The van der Waals surface area contributed by atoms with E-state index in [0.717, 1.165) is 0 Å². The van der Waals surface area contributed by atoms with Gasteiger partial charge in [0.05, 0.1) is 19.0 Å². The number of H-pyrrole nitrogens is 1. The molecule has 7 heteroatoms. The van der Waals surface area contributed by atoms with Gasteiger partial charge in [0.1, 0.15) is 5.02 Å². The second-order valence-electron chi connectivity index (χ2n) is 3.22. The Balaban J connectivity index is 2.43. The number of methoxy groups -OCH3 is 1. The van der Waals surface area contributed by atoms with Gasteiger partial charge in [-0.1, -0.05) is 11.6 Å². The number of halogens is 1. The van der Waals surface area contributed by atoms with Crippen LogP contribution in [0.3, 0.4) is 0 Å². The van der Waals surface area contributed by atoms with E-state index in [1.165, 1.54) is 13.4 Å². The number of aromatic amines is 1. The summed E-state index contributed by atoms with van der Waals surface area (Å²) >= 11 is 5.71. The maximum Gasteiger partial charge on any atom is 0.271 e. The van der Waals surface area contributed by atoms with Crippen molar-refractivity contribution in [2.24, 2.45) is 0 Å². The third-order valence-corrected chi connectivity index (χ3v) is 2.28. The van der Waals surface area contributed by atoms with E-state index in [-0.39, 0.29) is 11.6 Å². The Morgan fingerprint density at radius 3 is 3.19 bits per heavy atom. The molecular formula is C9H14ClN3O3. The Bertz CT molecular complexity index is 383. The van der Waals surface area contributed by atoms with Crippen LogP contribution < -0.4 is 10.9 Å². The summed E-state index contributed by atoms with van der Waals surface area (Å²) in [5.41, 5.74) is -0.392. The number of hydrogen-bond donors (Lipinski definition) is 3. The molecule has 1 rings (SSSR count). The molecule has 1 unspecified atom stereocenters. The number of nitrogens with one attached hydrogen (secondary N) is 2. The van der Waals surface area contributed by atoms with E-state index >= 15 is 0 Å². The van der Waals surface area contributed by atoms with Crippen LogP contribution in [-0.2, 0) is 4.74 Å². The summed E-state index contributed by atoms with van der Waals surface area (Å²) < 4.78 is 4.77. The highest BCUT2D eigenvalue weighted by atomic mass is 35.5. The van der Waals surface area contributed by atoms with Crippen molar-refractivity contribution in [1.82, 2.24) is 9.97 Å². The average molecular weight is 248 g/mol. The minimum atomic E-state index is -0.543. The van der Waals surface area contributed by atoms with Gasteiger partial charge in [0.25, 0.3) is 5.56 Å². The number of aliphatic hydroxyl groups is 1. The fourth-order valence-corrected chi connectivity index (χ4v) is 1.31. The normalized spacial score (nSPS) is 12.4. The van der Waals surface area contributed by atoms with E-state index in [4.69, 9.17) is 16.3 Å². The van der Waals surface area contributed by atoms with Gasteiger partial charge in [0, 0.05) is 13.7 Å². The molecule has 0 radical (unpaired) electrons. The smallest absolute Gasteiger partial charge is 0.271 e. The molecule has 3 N–H and O–H groups in total. The highest BCUT2D eigenvalue weighted by molar-refractivity contribution is 6.32. The van der Waals surface area contributed by atoms with Gasteiger partial charge in [-0.25, -0.2) is 4.98 Å². The number of hydrogen-bond acceptors (Lipinski definition) is 5. The monoisotopic (exact) mass is 247 g/mol. The van der Waals surface area contributed by atoms with E-state index < -0.39 is 11.7 Å². The topological polar surface area (TPSA) is 87.2 Å². The Labute approximate surface area is 97.6 Å². The zero-order valence-corrected chi connectivity index (χ0v) is 9.62. The Kier molecular flexibility index (Phi) is 5.24. The van der Waals surface area contributed by atoms with Crippen molar-refractivity contribution in [3.8, 4) is 0 Å². The Morgan fingerprint density at radius 2 is 2.50 bits per heavy atom. The van der Waals surface area contributed by atoms with Crippen molar-refractivity contribution < 1.29 is 9.84 Å². The first kappa shape index (κ1) is 13.0. The molecule has 90 valence electrons. The molecule has 16 heavy (non-hydrogen) atoms. The van der Waals surface area contributed by atoms with Gasteiger partial charge >= 0.3 is 0 Å². The summed E-state index contributed by atoms with van der Waals surface area (Å²) in [7, 11) is 1.52. The van der Waals surface area contributed by atoms with Gasteiger partial charge < -0.3 is 20.1 Å². The van der Waals surface area contributed by atoms with Gasteiger partial charge in [-0.3, -0.25) is 4.79 Å². The standard InChI is InChI=1S/C9H14ClN3O3/c1-16-4-6(14)2-3-11-8-7(10)9(15)13-5-12-8/h5-6,14H,2-4H2,1H3,(H2,11,12,13,15). The van der Waals surface area contributed by atoms with Gasteiger partial charge in [-0.2, -0.15) is 0 Å². The van der Waals surface area contributed by atoms with E-state index in [2.05, 4.69) is 15.3 Å². The predicted octanol–water partition coefficient (Wildman–Crippen LogP) is 0.233. The van der Waals surface area contributed by atoms with Crippen LogP contribution >= 0.6 is 11.6 Å². The molecule has 1 atom stereocenters. The molecule has 0 aliphatic rings. The van der Waals surface area contributed by atoms with Crippen molar-refractivity contribution in [1.29, 1.82) is 0 Å². The van der Waals surface area contributed by atoms with E-state index in [9.17, 15) is 9.90 Å². The molecular weight excluding hydrogens is 234 g/mol. The fraction of sp³-hybridized carbons (Fsp3) is 0.556. The van der Waals surface area contributed by atoms with Crippen LogP contribution in [-0.4, -0.2) is 41.4 Å². The van der Waals surface area contributed by atoms with Crippen LogP contribution in [0.15, 0.2) is 11.1 Å². The quantitative estimate of drug-likeness (QED) is 0.670. The summed E-state index contributed by atoms with van der Waals surface area (Å²) in [5, 5.41) is 12.2. The summed E-state index contributed by atoms with van der Waals surface area (Å²) in [6.07, 6.45) is 1.21. The Hall–Kier alpha value is -1.11. The summed E-state index contributed by atoms with van der Waals surface area (Å²) in [4.78, 5) is 17.3. The lowest BCUT2D eigenvalue weighted by Gasteiger charge is -2.10. The number of anilines is 1. The minimum Gasteiger partial charge on any atom is -0.391 e. The summed E-state index contributed by atoms with van der Waals surface area (Å²) in [5.74, 6) is 0.315. The molecule has 0 spiro atoms. The zero-order valence-electron chi connectivity index (χ0n) is 8.86. The molecule has 0 aliphatic carbocycles.